The van der Waals surface area contributed by atoms with Crippen molar-refractivity contribution in [3.63, 3.8) is 0 Å². The van der Waals surface area contributed by atoms with Crippen LogP contribution in [-0.4, -0.2) is 14.7 Å². The number of rotatable bonds is 4. The molecule has 2 rings (SSSR count). The predicted molar refractivity (Wildman–Crippen MR) is 68.1 cm³/mol. The summed E-state index contributed by atoms with van der Waals surface area (Å²) in [5.41, 5.74) is 6.24. The molecule has 1 unspecified atom stereocenters. The molecular formula is C12H13FN4O2. The summed E-state index contributed by atoms with van der Waals surface area (Å²) in [6, 6.07) is 5.99. The third-order valence-electron chi connectivity index (χ3n) is 2.85. The quantitative estimate of drug-likeness (QED) is 0.678. The summed E-state index contributed by atoms with van der Waals surface area (Å²) >= 11 is 0. The first-order chi connectivity index (χ1) is 8.99. The van der Waals surface area contributed by atoms with Gasteiger partial charge in [0, 0.05) is 0 Å². The van der Waals surface area contributed by atoms with E-state index in [4.69, 9.17) is 5.73 Å². The Kier molecular flexibility index (Phi) is 3.46. The molecule has 2 N–H and O–H groups in total. The van der Waals surface area contributed by atoms with E-state index >= 15 is 0 Å². The number of nitrogens with two attached hydrogens (primary N) is 1. The highest BCUT2D eigenvalue weighted by Crippen LogP contribution is 2.25. The first-order valence-electron chi connectivity index (χ1n) is 5.71. The van der Waals surface area contributed by atoms with E-state index in [1.165, 1.54) is 16.8 Å². The van der Waals surface area contributed by atoms with E-state index in [0.717, 1.165) is 11.8 Å². The molecule has 6 nitrogen and oxygen atoms in total. The molecule has 0 radical (unpaired) electrons. The summed E-state index contributed by atoms with van der Waals surface area (Å²) < 4.78 is 14.5. The normalized spacial score (nSPS) is 12.3. The van der Waals surface area contributed by atoms with Gasteiger partial charge in [-0.25, -0.2) is 9.07 Å². The van der Waals surface area contributed by atoms with Crippen LogP contribution < -0.4 is 5.73 Å². The standard InChI is InChI=1S/C12H13FN4O2/c1-8(5-9-3-2-4-10(13)6-9)16-12(14)11(7-15-16)17(18)19/h2-4,6-8H,5,14H2,1H3. The first-order valence-corrected chi connectivity index (χ1v) is 5.71. The summed E-state index contributed by atoms with van der Waals surface area (Å²) in [5.74, 6) is -0.307. The maximum Gasteiger partial charge on any atom is 0.330 e. The zero-order valence-electron chi connectivity index (χ0n) is 10.3. The lowest BCUT2D eigenvalue weighted by molar-refractivity contribution is -0.384. The summed E-state index contributed by atoms with van der Waals surface area (Å²) in [5, 5.41) is 14.6. The lowest BCUT2D eigenvalue weighted by Crippen LogP contribution is -2.13. The largest absolute Gasteiger partial charge is 0.378 e. The van der Waals surface area contributed by atoms with Crippen LogP contribution in [0.3, 0.4) is 0 Å². The van der Waals surface area contributed by atoms with Crippen LogP contribution in [0.1, 0.15) is 18.5 Å². The SMILES string of the molecule is CC(Cc1cccc(F)c1)n1ncc([N+](=O)[O-])c1N. The predicted octanol–water partition coefficient (Wildman–Crippen LogP) is 2.32. The molecule has 1 aromatic heterocycles. The van der Waals surface area contributed by atoms with Crippen molar-refractivity contribution in [2.75, 3.05) is 5.73 Å². The van der Waals surface area contributed by atoms with Gasteiger partial charge < -0.3 is 5.73 Å². The Morgan fingerprint density at radius 1 is 1.58 bits per heavy atom. The van der Waals surface area contributed by atoms with E-state index in [1.54, 1.807) is 12.1 Å². The summed E-state index contributed by atoms with van der Waals surface area (Å²) in [4.78, 5) is 10.1. The van der Waals surface area contributed by atoms with Crippen LogP contribution in [0.15, 0.2) is 30.5 Å². The van der Waals surface area contributed by atoms with Gasteiger partial charge in [0.2, 0.25) is 5.82 Å². The van der Waals surface area contributed by atoms with Gasteiger partial charge in [0.15, 0.2) is 0 Å². The van der Waals surface area contributed by atoms with E-state index in [0.29, 0.717) is 6.42 Å². The van der Waals surface area contributed by atoms with E-state index in [1.807, 2.05) is 6.92 Å². The number of anilines is 1. The average Bonchev–Trinajstić information content (AvgIpc) is 2.71. The molecule has 0 fully saturated rings. The molecule has 0 aliphatic carbocycles. The Balaban J connectivity index is 2.21. The minimum absolute atomic E-state index is 0.00824. The van der Waals surface area contributed by atoms with Crippen LogP contribution in [0.25, 0.3) is 0 Å². The van der Waals surface area contributed by atoms with Crippen molar-refractivity contribution < 1.29 is 9.31 Å². The minimum atomic E-state index is -0.576. The van der Waals surface area contributed by atoms with Crippen LogP contribution in [0.2, 0.25) is 0 Å². The van der Waals surface area contributed by atoms with E-state index in [9.17, 15) is 14.5 Å². The van der Waals surface area contributed by atoms with Gasteiger partial charge in [-0.15, -0.1) is 0 Å². The van der Waals surface area contributed by atoms with Crippen molar-refractivity contribution in [3.05, 3.63) is 52.0 Å². The Labute approximate surface area is 108 Å². The maximum atomic E-state index is 13.1. The number of hydrogen-bond acceptors (Lipinski definition) is 4. The van der Waals surface area contributed by atoms with E-state index in [2.05, 4.69) is 5.10 Å². The minimum Gasteiger partial charge on any atom is -0.378 e. The number of hydrogen-bond donors (Lipinski definition) is 1. The molecule has 0 saturated carbocycles. The van der Waals surface area contributed by atoms with Gasteiger partial charge in [0.05, 0.1) is 11.0 Å². The second-order valence-corrected chi connectivity index (χ2v) is 4.30. The van der Waals surface area contributed by atoms with Gasteiger partial charge in [-0.2, -0.15) is 5.10 Å². The number of halogens is 1. The summed E-state index contributed by atoms with van der Waals surface area (Å²) in [7, 11) is 0. The van der Waals surface area contributed by atoms with Gasteiger partial charge in [0.1, 0.15) is 12.0 Å². The van der Waals surface area contributed by atoms with Gasteiger partial charge >= 0.3 is 5.69 Å². The van der Waals surface area contributed by atoms with Crippen molar-refractivity contribution in [1.29, 1.82) is 0 Å². The summed E-state index contributed by atoms with van der Waals surface area (Å²) in [6.07, 6.45) is 1.61. The number of aromatic nitrogens is 2. The third kappa shape index (κ3) is 2.70. The van der Waals surface area contributed by atoms with Crippen LogP contribution in [0, 0.1) is 15.9 Å². The highest BCUT2D eigenvalue weighted by Gasteiger charge is 2.20. The van der Waals surface area contributed by atoms with Crippen molar-refractivity contribution in [2.24, 2.45) is 0 Å². The average molecular weight is 264 g/mol. The molecular weight excluding hydrogens is 251 g/mol. The molecule has 0 aliphatic rings. The third-order valence-corrected chi connectivity index (χ3v) is 2.85. The molecule has 2 aromatic rings. The van der Waals surface area contributed by atoms with Gasteiger partial charge in [-0.05, 0) is 31.0 Å². The van der Waals surface area contributed by atoms with Crippen LogP contribution >= 0.6 is 0 Å². The maximum absolute atomic E-state index is 13.1. The molecule has 7 heteroatoms. The summed E-state index contributed by atoms with van der Waals surface area (Å²) in [6.45, 7) is 1.82. The van der Waals surface area contributed by atoms with Crippen molar-refractivity contribution in [3.8, 4) is 0 Å². The van der Waals surface area contributed by atoms with E-state index < -0.39 is 4.92 Å². The van der Waals surface area contributed by atoms with Crippen molar-refractivity contribution >= 4 is 11.5 Å². The van der Waals surface area contributed by atoms with Crippen LogP contribution in [-0.2, 0) is 6.42 Å². The number of nitrogens with zero attached hydrogens (tertiary/aromatic N) is 3. The fourth-order valence-corrected chi connectivity index (χ4v) is 1.95. The monoisotopic (exact) mass is 264 g/mol. The number of nitro groups is 1. The van der Waals surface area contributed by atoms with Crippen LogP contribution in [0.4, 0.5) is 15.9 Å². The van der Waals surface area contributed by atoms with E-state index in [-0.39, 0.29) is 23.4 Å². The van der Waals surface area contributed by atoms with Gasteiger partial charge in [-0.3, -0.25) is 10.1 Å². The Morgan fingerprint density at radius 3 is 2.89 bits per heavy atom. The molecule has 0 spiro atoms. The molecule has 1 heterocycles. The lowest BCUT2D eigenvalue weighted by Gasteiger charge is -2.13. The Bertz CT molecular complexity index is 612. The second kappa shape index (κ2) is 5.05. The van der Waals surface area contributed by atoms with Gasteiger partial charge in [-0.1, -0.05) is 12.1 Å². The van der Waals surface area contributed by atoms with Crippen LogP contribution in [0.5, 0.6) is 0 Å². The zero-order chi connectivity index (χ0) is 14.0. The second-order valence-electron chi connectivity index (χ2n) is 4.30. The smallest absolute Gasteiger partial charge is 0.330 e. The molecule has 0 bridgehead atoms. The molecule has 0 amide bonds. The Hall–Kier alpha value is -2.44. The first kappa shape index (κ1) is 13.0. The fraction of sp³-hybridized carbons (Fsp3) is 0.250. The number of nitrogen functional groups attached to an aromatic ring is 1. The topological polar surface area (TPSA) is 87.0 Å². The lowest BCUT2D eigenvalue weighted by atomic mass is 10.1. The number of benzene rings is 1. The highest BCUT2D eigenvalue weighted by molar-refractivity contribution is 5.51. The fourth-order valence-electron chi connectivity index (χ4n) is 1.95. The Morgan fingerprint density at radius 2 is 2.32 bits per heavy atom. The zero-order valence-corrected chi connectivity index (χ0v) is 10.3. The molecule has 1 aromatic carbocycles. The molecule has 19 heavy (non-hydrogen) atoms. The highest BCUT2D eigenvalue weighted by atomic mass is 19.1. The molecule has 1 atom stereocenters. The molecule has 0 aliphatic heterocycles. The molecule has 100 valence electrons. The van der Waals surface area contributed by atoms with Crippen molar-refractivity contribution in [1.82, 2.24) is 9.78 Å². The van der Waals surface area contributed by atoms with Crippen molar-refractivity contribution in [2.45, 2.75) is 19.4 Å². The van der Waals surface area contributed by atoms with Gasteiger partial charge in [0.25, 0.3) is 0 Å². The molecule has 0 saturated heterocycles.